The van der Waals surface area contributed by atoms with Gasteiger partial charge in [0.2, 0.25) is 0 Å². The lowest BCUT2D eigenvalue weighted by Gasteiger charge is -2.02. The molecule has 0 bridgehead atoms. The van der Waals surface area contributed by atoms with E-state index in [0.717, 1.165) is 0 Å². The molecule has 0 saturated heterocycles. The average molecular weight is 142 g/mol. The van der Waals surface area contributed by atoms with Crippen molar-refractivity contribution < 1.29 is 9.53 Å². The van der Waals surface area contributed by atoms with Gasteiger partial charge in [0.25, 0.3) is 0 Å². The van der Waals surface area contributed by atoms with Crippen LogP contribution in [0.3, 0.4) is 0 Å². The minimum atomic E-state index is -0.141. The topological polar surface area (TPSA) is 26.3 Å². The molecule has 0 radical (unpaired) electrons. The van der Waals surface area contributed by atoms with Crippen LogP contribution in [0.5, 0.6) is 0 Å². The van der Waals surface area contributed by atoms with Gasteiger partial charge in [0.15, 0.2) is 0 Å². The van der Waals surface area contributed by atoms with Crippen molar-refractivity contribution in [3.8, 4) is 0 Å². The highest BCUT2D eigenvalue weighted by atomic mass is 16.5. The van der Waals surface area contributed by atoms with Crippen LogP contribution in [-0.2, 0) is 9.53 Å². The van der Waals surface area contributed by atoms with Crippen molar-refractivity contribution in [1.82, 2.24) is 0 Å². The van der Waals surface area contributed by atoms with Gasteiger partial charge in [-0.1, -0.05) is 26.0 Å². The van der Waals surface area contributed by atoms with Crippen molar-refractivity contribution >= 4 is 5.97 Å². The number of hydrogen-bond acceptors (Lipinski definition) is 2. The van der Waals surface area contributed by atoms with Gasteiger partial charge in [-0.05, 0) is 6.92 Å². The van der Waals surface area contributed by atoms with E-state index in [4.69, 9.17) is 4.74 Å². The molecule has 0 atom stereocenters. The summed E-state index contributed by atoms with van der Waals surface area (Å²) < 4.78 is 4.82. The van der Waals surface area contributed by atoms with Gasteiger partial charge < -0.3 is 4.74 Å². The van der Waals surface area contributed by atoms with E-state index in [-0.39, 0.29) is 11.9 Å². The Bertz CT molecular complexity index is 125. The molecule has 58 valence electrons. The number of carbonyl (C=O) groups excluding carboxylic acids is 1. The Morgan fingerprint density at radius 2 is 2.20 bits per heavy atom. The maximum Gasteiger partial charge on any atom is 0.308 e. The summed E-state index contributed by atoms with van der Waals surface area (Å²) in [6.07, 6.45) is 3.66. The molecular weight excluding hydrogens is 128 g/mol. The first kappa shape index (κ1) is 9.21. The maximum absolute atomic E-state index is 10.8. The van der Waals surface area contributed by atoms with E-state index in [0.29, 0.717) is 6.61 Å². The smallest absolute Gasteiger partial charge is 0.308 e. The first-order valence-corrected chi connectivity index (χ1v) is 3.46. The third kappa shape index (κ3) is 4.13. The largest absolute Gasteiger partial charge is 0.461 e. The highest BCUT2D eigenvalue weighted by molar-refractivity contribution is 5.71. The zero-order chi connectivity index (χ0) is 7.98. The van der Waals surface area contributed by atoms with E-state index in [1.165, 1.54) is 0 Å². The molecule has 2 nitrogen and oxygen atoms in total. The molecule has 0 aromatic heterocycles. The van der Waals surface area contributed by atoms with Crippen molar-refractivity contribution in [1.29, 1.82) is 0 Å². The molecule has 2 heteroatoms. The van der Waals surface area contributed by atoms with Gasteiger partial charge in [-0.15, -0.1) is 0 Å². The Balaban J connectivity index is 3.40. The van der Waals surface area contributed by atoms with Gasteiger partial charge in [-0.3, -0.25) is 4.79 Å². The summed E-state index contributed by atoms with van der Waals surface area (Å²) in [5.74, 6) is -0.164. The van der Waals surface area contributed by atoms with Crippen molar-refractivity contribution in [2.24, 2.45) is 5.92 Å². The van der Waals surface area contributed by atoms with Crippen LogP contribution in [0.15, 0.2) is 12.2 Å². The molecule has 0 aromatic rings. The van der Waals surface area contributed by atoms with E-state index in [9.17, 15) is 4.79 Å². The normalized spacial score (nSPS) is 10.8. The van der Waals surface area contributed by atoms with Crippen LogP contribution in [-0.4, -0.2) is 12.6 Å². The quantitative estimate of drug-likeness (QED) is 0.443. The Labute approximate surface area is 61.9 Å². The van der Waals surface area contributed by atoms with Gasteiger partial charge >= 0.3 is 5.97 Å². The number of carbonyl (C=O) groups is 1. The molecule has 0 heterocycles. The fraction of sp³-hybridized carbons (Fsp3) is 0.625. The summed E-state index contributed by atoms with van der Waals surface area (Å²) >= 11 is 0. The second-order valence-electron chi connectivity index (χ2n) is 2.35. The molecule has 0 N–H and O–H groups in total. The summed E-state index contributed by atoms with van der Waals surface area (Å²) in [6.45, 7) is 5.92. The van der Waals surface area contributed by atoms with Crippen molar-refractivity contribution in [2.45, 2.75) is 20.8 Å². The van der Waals surface area contributed by atoms with Gasteiger partial charge in [0, 0.05) is 0 Å². The lowest BCUT2D eigenvalue weighted by Crippen LogP contribution is -2.11. The summed E-state index contributed by atoms with van der Waals surface area (Å²) in [4.78, 5) is 10.8. The highest BCUT2D eigenvalue weighted by Gasteiger charge is 2.05. The summed E-state index contributed by atoms with van der Waals surface area (Å²) in [7, 11) is 0. The fourth-order valence-electron chi connectivity index (χ4n) is 0.393. The monoisotopic (exact) mass is 142 g/mol. The number of hydrogen-bond donors (Lipinski definition) is 0. The second-order valence-corrected chi connectivity index (χ2v) is 2.35. The summed E-state index contributed by atoms with van der Waals surface area (Å²) in [5, 5.41) is 0. The van der Waals surface area contributed by atoms with Gasteiger partial charge in [0.05, 0.1) is 5.92 Å². The Morgan fingerprint density at radius 3 is 2.60 bits per heavy atom. The van der Waals surface area contributed by atoms with E-state index in [1.807, 2.05) is 26.8 Å². The number of esters is 1. The molecule has 0 aliphatic heterocycles. The first-order valence-electron chi connectivity index (χ1n) is 3.46. The van der Waals surface area contributed by atoms with Gasteiger partial charge in [-0.2, -0.15) is 0 Å². The zero-order valence-electron chi connectivity index (χ0n) is 6.76. The molecule has 0 amide bonds. The number of allylic oxidation sites excluding steroid dienone is 1. The fourth-order valence-corrected chi connectivity index (χ4v) is 0.393. The predicted molar refractivity (Wildman–Crippen MR) is 40.6 cm³/mol. The van der Waals surface area contributed by atoms with Crippen LogP contribution < -0.4 is 0 Å². The van der Waals surface area contributed by atoms with Crippen molar-refractivity contribution in [3.63, 3.8) is 0 Å². The molecule has 0 aromatic carbocycles. The Morgan fingerprint density at radius 1 is 1.60 bits per heavy atom. The molecular formula is C8H14O2. The molecule has 0 aliphatic rings. The molecule has 0 rings (SSSR count). The molecule has 0 spiro atoms. The van der Waals surface area contributed by atoms with Crippen molar-refractivity contribution in [3.05, 3.63) is 12.2 Å². The van der Waals surface area contributed by atoms with Crippen molar-refractivity contribution in [2.75, 3.05) is 6.61 Å². The van der Waals surface area contributed by atoms with Crippen LogP contribution in [0, 0.1) is 5.92 Å². The SMILES string of the molecule is C/C=C/COC(=O)C(C)C. The van der Waals surface area contributed by atoms with E-state index >= 15 is 0 Å². The molecule has 10 heavy (non-hydrogen) atoms. The third-order valence-electron chi connectivity index (χ3n) is 1.03. The Hall–Kier alpha value is -0.790. The minimum Gasteiger partial charge on any atom is -0.461 e. The van der Waals surface area contributed by atoms with E-state index in [2.05, 4.69) is 0 Å². The average Bonchev–Trinajstić information content (AvgIpc) is 1.88. The second kappa shape index (κ2) is 5.03. The van der Waals surface area contributed by atoms with Crippen LogP contribution in [0.4, 0.5) is 0 Å². The lowest BCUT2D eigenvalue weighted by molar-refractivity contribution is -0.146. The lowest BCUT2D eigenvalue weighted by atomic mass is 10.2. The van der Waals surface area contributed by atoms with Gasteiger partial charge in [-0.25, -0.2) is 0 Å². The first-order chi connectivity index (χ1) is 4.68. The molecule has 0 fully saturated rings. The third-order valence-corrected chi connectivity index (χ3v) is 1.03. The standard InChI is InChI=1S/C8H14O2/c1-4-5-6-10-8(9)7(2)3/h4-5,7H,6H2,1-3H3/b5-4+. The van der Waals surface area contributed by atoms with Gasteiger partial charge in [0.1, 0.15) is 6.61 Å². The molecule has 0 saturated carbocycles. The Kier molecular flexibility index (Phi) is 4.63. The number of ether oxygens (including phenoxy) is 1. The zero-order valence-corrected chi connectivity index (χ0v) is 6.76. The maximum atomic E-state index is 10.8. The summed E-state index contributed by atoms with van der Waals surface area (Å²) in [6, 6.07) is 0. The molecule has 0 aliphatic carbocycles. The van der Waals surface area contributed by atoms with Crippen LogP contribution in [0.1, 0.15) is 20.8 Å². The number of rotatable bonds is 3. The van der Waals surface area contributed by atoms with E-state index < -0.39 is 0 Å². The van der Waals surface area contributed by atoms with Crippen LogP contribution >= 0.6 is 0 Å². The minimum absolute atomic E-state index is 0.0229. The summed E-state index contributed by atoms with van der Waals surface area (Å²) in [5.41, 5.74) is 0. The highest BCUT2D eigenvalue weighted by Crippen LogP contribution is 1.94. The van der Waals surface area contributed by atoms with Crippen LogP contribution in [0.25, 0.3) is 0 Å². The van der Waals surface area contributed by atoms with Crippen LogP contribution in [0.2, 0.25) is 0 Å². The van der Waals surface area contributed by atoms with E-state index in [1.54, 1.807) is 6.08 Å². The predicted octanol–water partition coefficient (Wildman–Crippen LogP) is 1.76. The molecule has 0 unspecified atom stereocenters.